The van der Waals surface area contributed by atoms with Crippen LogP contribution in [0.2, 0.25) is 0 Å². The highest BCUT2D eigenvalue weighted by atomic mass is 35.5. The molecule has 0 bridgehead atoms. The second kappa shape index (κ2) is 9.18. The average molecular weight is 414 g/mol. The Morgan fingerprint density at radius 1 is 1.26 bits per heavy atom. The number of hydrogen-bond acceptors (Lipinski definition) is 3. The SMILES string of the molecule is CCCN(C(=O)c1cc(C2CC2)nc2ccc(F)cc12)C1CCNC1.Cl.Cl. The van der Waals surface area contributed by atoms with Crippen molar-refractivity contribution in [2.24, 2.45) is 0 Å². The summed E-state index contributed by atoms with van der Waals surface area (Å²) in [4.78, 5) is 20.0. The molecule has 27 heavy (non-hydrogen) atoms. The minimum atomic E-state index is -0.327. The van der Waals surface area contributed by atoms with Crippen molar-refractivity contribution >= 4 is 41.6 Å². The summed E-state index contributed by atoms with van der Waals surface area (Å²) in [7, 11) is 0. The summed E-state index contributed by atoms with van der Waals surface area (Å²) >= 11 is 0. The molecule has 1 aromatic heterocycles. The molecule has 2 heterocycles. The van der Waals surface area contributed by atoms with Crippen molar-refractivity contribution in [3.05, 3.63) is 41.3 Å². The van der Waals surface area contributed by atoms with Crippen molar-refractivity contribution in [2.45, 2.75) is 44.6 Å². The first-order valence-corrected chi connectivity index (χ1v) is 9.29. The summed E-state index contributed by atoms with van der Waals surface area (Å²) < 4.78 is 13.8. The quantitative estimate of drug-likeness (QED) is 0.793. The number of pyridine rings is 1. The van der Waals surface area contributed by atoms with Crippen molar-refractivity contribution in [2.75, 3.05) is 19.6 Å². The number of hydrogen-bond donors (Lipinski definition) is 1. The van der Waals surface area contributed by atoms with Gasteiger partial charge >= 0.3 is 0 Å². The van der Waals surface area contributed by atoms with Gasteiger partial charge in [-0.15, -0.1) is 24.8 Å². The lowest BCUT2D eigenvalue weighted by molar-refractivity contribution is 0.0694. The molecule has 1 aliphatic carbocycles. The molecular weight excluding hydrogens is 388 g/mol. The lowest BCUT2D eigenvalue weighted by atomic mass is 10.0. The molecule has 148 valence electrons. The van der Waals surface area contributed by atoms with Gasteiger partial charge in [-0.25, -0.2) is 4.39 Å². The number of halogens is 3. The van der Waals surface area contributed by atoms with Gasteiger partial charge in [-0.1, -0.05) is 6.92 Å². The summed E-state index contributed by atoms with van der Waals surface area (Å²) in [6, 6.07) is 6.68. The number of benzene rings is 1. The summed E-state index contributed by atoms with van der Waals surface area (Å²) in [5, 5.41) is 3.96. The predicted molar refractivity (Wildman–Crippen MR) is 111 cm³/mol. The number of aromatic nitrogens is 1. The fourth-order valence-electron chi connectivity index (χ4n) is 3.73. The fourth-order valence-corrected chi connectivity index (χ4v) is 3.73. The standard InChI is InChI=1S/C20H24FN3O.2ClH/c1-2-9-24(15-7-8-22-12-15)20(25)17-11-19(13-3-4-13)23-18-6-5-14(21)10-16(17)18;;/h5-6,10-11,13,15,22H,2-4,7-9,12H2,1H3;2*1H. The topological polar surface area (TPSA) is 45.2 Å². The van der Waals surface area contributed by atoms with Gasteiger partial charge in [-0.05, 0) is 56.5 Å². The molecule has 1 N–H and O–H groups in total. The van der Waals surface area contributed by atoms with Gasteiger partial charge in [-0.2, -0.15) is 0 Å². The van der Waals surface area contributed by atoms with Crippen LogP contribution in [0.3, 0.4) is 0 Å². The van der Waals surface area contributed by atoms with Gasteiger partial charge in [0, 0.05) is 36.1 Å². The molecule has 2 aromatic rings. The van der Waals surface area contributed by atoms with Crippen LogP contribution >= 0.6 is 24.8 Å². The number of rotatable bonds is 5. The van der Waals surface area contributed by atoms with Crippen LogP contribution in [0.4, 0.5) is 4.39 Å². The Balaban J connectivity index is 0.00000131. The number of amides is 1. The molecule has 0 radical (unpaired) electrons. The Hall–Kier alpha value is -1.43. The Kier molecular flexibility index (Phi) is 7.43. The van der Waals surface area contributed by atoms with E-state index in [9.17, 15) is 9.18 Å². The minimum absolute atomic E-state index is 0. The molecular formula is C20H26Cl2FN3O. The third kappa shape index (κ3) is 4.53. The van der Waals surface area contributed by atoms with Gasteiger partial charge in [0.25, 0.3) is 5.91 Å². The van der Waals surface area contributed by atoms with E-state index in [1.165, 1.54) is 12.1 Å². The van der Waals surface area contributed by atoms with E-state index in [-0.39, 0.29) is 42.6 Å². The van der Waals surface area contributed by atoms with Gasteiger partial charge < -0.3 is 10.2 Å². The molecule has 1 aromatic carbocycles. The fraction of sp³-hybridized carbons (Fsp3) is 0.500. The maximum absolute atomic E-state index is 13.8. The highest BCUT2D eigenvalue weighted by molar-refractivity contribution is 6.06. The lowest BCUT2D eigenvalue weighted by Crippen LogP contribution is -2.42. The molecule has 1 saturated carbocycles. The van der Waals surface area contributed by atoms with Crippen molar-refractivity contribution in [3.8, 4) is 0 Å². The van der Waals surface area contributed by atoms with E-state index in [4.69, 9.17) is 0 Å². The maximum atomic E-state index is 13.8. The molecule has 0 spiro atoms. The molecule has 4 nitrogen and oxygen atoms in total. The first-order valence-electron chi connectivity index (χ1n) is 9.29. The van der Waals surface area contributed by atoms with E-state index in [0.717, 1.165) is 56.5 Å². The van der Waals surface area contributed by atoms with Gasteiger partial charge in [0.1, 0.15) is 5.82 Å². The Morgan fingerprint density at radius 3 is 2.67 bits per heavy atom. The predicted octanol–water partition coefficient (Wildman–Crippen LogP) is 4.31. The molecule has 2 aliphatic rings. The van der Waals surface area contributed by atoms with E-state index < -0.39 is 0 Å². The van der Waals surface area contributed by atoms with Crippen molar-refractivity contribution < 1.29 is 9.18 Å². The monoisotopic (exact) mass is 413 g/mol. The van der Waals surface area contributed by atoms with Crippen LogP contribution in [-0.2, 0) is 0 Å². The Labute approximate surface area is 171 Å². The first kappa shape index (κ1) is 21.9. The van der Waals surface area contributed by atoms with Crippen LogP contribution in [0.1, 0.15) is 54.6 Å². The van der Waals surface area contributed by atoms with Crippen LogP contribution in [0.5, 0.6) is 0 Å². The van der Waals surface area contributed by atoms with Gasteiger partial charge in [0.05, 0.1) is 11.1 Å². The number of fused-ring (bicyclic) bond motifs is 1. The third-order valence-electron chi connectivity index (χ3n) is 5.22. The smallest absolute Gasteiger partial charge is 0.254 e. The van der Waals surface area contributed by atoms with E-state index in [2.05, 4.69) is 17.2 Å². The highest BCUT2D eigenvalue weighted by Crippen LogP contribution is 2.40. The molecule has 1 saturated heterocycles. The molecule has 7 heteroatoms. The number of nitrogens with zero attached hydrogens (tertiary/aromatic N) is 2. The zero-order valence-electron chi connectivity index (χ0n) is 15.4. The second-order valence-electron chi connectivity index (χ2n) is 7.18. The van der Waals surface area contributed by atoms with Gasteiger partial charge in [0.2, 0.25) is 0 Å². The average Bonchev–Trinajstić information content (AvgIpc) is 3.33. The molecule has 2 fully saturated rings. The van der Waals surface area contributed by atoms with Crippen molar-refractivity contribution in [1.82, 2.24) is 15.2 Å². The largest absolute Gasteiger partial charge is 0.334 e. The van der Waals surface area contributed by atoms with Crippen LogP contribution in [0.25, 0.3) is 10.9 Å². The van der Waals surface area contributed by atoms with Crippen LogP contribution in [0.15, 0.2) is 24.3 Å². The first-order chi connectivity index (χ1) is 12.2. The summed E-state index contributed by atoms with van der Waals surface area (Å²) in [6.45, 7) is 4.58. The van der Waals surface area contributed by atoms with E-state index in [1.807, 2.05) is 11.0 Å². The van der Waals surface area contributed by atoms with Crippen molar-refractivity contribution in [3.63, 3.8) is 0 Å². The zero-order valence-corrected chi connectivity index (χ0v) is 17.0. The molecule has 4 rings (SSSR count). The minimum Gasteiger partial charge on any atom is -0.334 e. The Morgan fingerprint density at radius 2 is 2.04 bits per heavy atom. The third-order valence-corrected chi connectivity index (χ3v) is 5.22. The van der Waals surface area contributed by atoms with Crippen molar-refractivity contribution in [1.29, 1.82) is 0 Å². The summed E-state index contributed by atoms with van der Waals surface area (Å²) in [5.41, 5.74) is 2.30. The van der Waals surface area contributed by atoms with E-state index >= 15 is 0 Å². The normalized spacial score (nSPS) is 18.7. The molecule has 1 aliphatic heterocycles. The second-order valence-corrected chi connectivity index (χ2v) is 7.18. The number of carbonyl (C=O) groups is 1. The molecule has 1 unspecified atom stereocenters. The number of carbonyl (C=O) groups excluding carboxylic acids is 1. The maximum Gasteiger partial charge on any atom is 0.254 e. The van der Waals surface area contributed by atoms with E-state index in [1.54, 1.807) is 6.07 Å². The van der Waals surface area contributed by atoms with Gasteiger partial charge in [-0.3, -0.25) is 9.78 Å². The molecule has 1 amide bonds. The zero-order chi connectivity index (χ0) is 17.4. The number of nitrogens with one attached hydrogen (secondary N) is 1. The Bertz CT molecular complexity index is 807. The molecule has 1 atom stereocenters. The van der Waals surface area contributed by atoms with Crippen LogP contribution in [-0.4, -0.2) is 41.5 Å². The summed E-state index contributed by atoms with van der Waals surface area (Å²) in [6.07, 6.45) is 4.13. The van der Waals surface area contributed by atoms with Crippen LogP contribution < -0.4 is 5.32 Å². The summed E-state index contributed by atoms with van der Waals surface area (Å²) in [5.74, 6) is 0.135. The van der Waals surface area contributed by atoms with Crippen LogP contribution in [0, 0.1) is 5.82 Å². The van der Waals surface area contributed by atoms with Gasteiger partial charge in [0.15, 0.2) is 0 Å². The lowest BCUT2D eigenvalue weighted by Gasteiger charge is -2.29. The highest BCUT2D eigenvalue weighted by Gasteiger charge is 2.31. The van der Waals surface area contributed by atoms with E-state index in [0.29, 0.717) is 16.9 Å².